The highest BCUT2D eigenvalue weighted by Gasteiger charge is 2.60. The fraction of sp³-hybridized carbons (Fsp3) is 0.900. The van der Waals surface area contributed by atoms with Gasteiger partial charge in [0.15, 0.2) is 8.32 Å². The van der Waals surface area contributed by atoms with E-state index in [-0.39, 0.29) is 17.0 Å². The van der Waals surface area contributed by atoms with Crippen molar-refractivity contribution >= 4 is 20.3 Å². The van der Waals surface area contributed by atoms with Crippen molar-refractivity contribution in [2.75, 3.05) is 13.1 Å². The molecule has 7 heteroatoms. The second-order valence-corrected chi connectivity index (χ2v) is 14.9. The Morgan fingerprint density at radius 1 is 1.22 bits per heavy atom. The number of carbonyl (C=O) groups excluding carboxylic acids is 1. The second kappa shape index (κ2) is 7.06. The molecule has 6 nitrogen and oxygen atoms in total. The molecule has 1 unspecified atom stereocenters. The van der Waals surface area contributed by atoms with Gasteiger partial charge in [0, 0.05) is 19.0 Å². The molecule has 1 spiro atoms. The Balaban J connectivity index is 1.79. The van der Waals surface area contributed by atoms with Gasteiger partial charge >= 0.3 is 6.09 Å². The number of carboxylic acid groups (broad SMARTS) is 1. The lowest BCUT2D eigenvalue weighted by atomic mass is 9.92. The van der Waals surface area contributed by atoms with E-state index in [1.165, 1.54) is 24.2 Å². The van der Waals surface area contributed by atoms with E-state index in [1.807, 2.05) is 4.90 Å². The molecule has 1 aliphatic carbocycles. The lowest BCUT2D eigenvalue weighted by Crippen LogP contribution is -2.53. The summed E-state index contributed by atoms with van der Waals surface area (Å²) in [5.74, 6) is 0.0260. The van der Waals surface area contributed by atoms with Crippen molar-refractivity contribution in [2.24, 2.45) is 0 Å². The van der Waals surface area contributed by atoms with E-state index in [0.717, 1.165) is 12.8 Å². The Kier molecular flexibility index (Phi) is 5.40. The van der Waals surface area contributed by atoms with Crippen LogP contribution in [0, 0.1) is 0 Å². The molecule has 1 saturated carbocycles. The highest BCUT2D eigenvalue weighted by atomic mass is 28.4. The van der Waals surface area contributed by atoms with Crippen molar-refractivity contribution in [3.8, 4) is 0 Å². The zero-order valence-electron chi connectivity index (χ0n) is 17.6. The summed E-state index contributed by atoms with van der Waals surface area (Å²) >= 11 is 0. The molecule has 154 valence electrons. The van der Waals surface area contributed by atoms with E-state index in [0.29, 0.717) is 32.0 Å². The summed E-state index contributed by atoms with van der Waals surface area (Å²) in [4.78, 5) is 28.8. The van der Waals surface area contributed by atoms with Gasteiger partial charge in [0.25, 0.3) is 0 Å². The third-order valence-corrected chi connectivity index (χ3v) is 11.9. The van der Waals surface area contributed by atoms with Crippen LogP contribution in [0.4, 0.5) is 4.79 Å². The number of carbonyl (C=O) groups is 2. The normalized spacial score (nSPS) is 30.6. The van der Waals surface area contributed by atoms with E-state index in [2.05, 4.69) is 33.9 Å². The van der Waals surface area contributed by atoms with Gasteiger partial charge in [0.05, 0.1) is 12.6 Å². The molecule has 2 aliphatic heterocycles. The average Bonchev–Trinajstić information content (AvgIpc) is 3.09. The maximum atomic E-state index is 13.4. The smallest absolute Gasteiger partial charge is 0.408 e. The van der Waals surface area contributed by atoms with Crippen LogP contribution in [0.15, 0.2) is 0 Å². The van der Waals surface area contributed by atoms with E-state index in [9.17, 15) is 14.7 Å². The third-order valence-electron chi connectivity index (χ3n) is 7.41. The minimum absolute atomic E-state index is 0.0260. The predicted octanol–water partition coefficient (Wildman–Crippen LogP) is 4.06. The predicted molar refractivity (Wildman–Crippen MR) is 107 cm³/mol. The molecular weight excluding hydrogens is 360 g/mol. The van der Waals surface area contributed by atoms with Crippen LogP contribution in [-0.4, -0.2) is 66.0 Å². The van der Waals surface area contributed by atoms with Gasteiger partial charge in [-0.05, 0) is 37.4 Å². The quantitative estimate of drug-likeness (QED) is 0.730. The topological polar surface area (TPSA) is 70.1 Å². The lowest BCUT2D eigenvalue weighted by Gasteiger charge is -2.38. The molecule has 0 aromatic carbocycles. The van der Waals surface area contributed by atoms with Crippen LogP contribution in [0.3, 0.4) is 0 Å². The van der Waals surface area contributed by atoms with Crippen molar-refractivity contribution in [1.29, 1.82) is 0 Å². The lowest BCUT2D eigenvalue weighted by molar-refractivity contribution is -0.138. The van der Waals surface area contributed by atoms with Crippen molar-refractivity contribution in [3.63, 3.8) is 0 Å². The zero-order chi connectivity index (χ0) is 20.0. The van der Waals surface area contributed by atoms with E-state index in [4.69, 9.17) is 4.43 Å². The highest BCUT2D eigenvalue weighted by Crippen LogP contribution is 2.45. The van der Waals surface area contributed by atoms with Gasteiger partial charge in [-0.15, -0.1) is 0 Å². The van der Waals surface area contributed by atoms with Gasteiger partial charge in [0.1, 0.15) is 5.54 Å². The van der Waals surface area contributed by atoms with Gasteiger partial charge in [-0.2, -0.15) is 0 Å². The monoisotopic (exact) mass is 396 g/mol. The number of amides is 2. The molecule has 27 heavy (non-hydrogen) atoms. The maximum absolute atomic E-state index is 13.4. The SMILES string of the molecule is CC(C)(C)[Si](C)(C)O[C@H]1CN(C(=O)O)C2(CCN(C3CCCCC3)C2=O)C1. The molecule has 2 heterocycles. The fourth-order valence-electron chi connectivity index (χ4n) is 4.83. The molecule has 2 saturated heterocycles. The van der Waals surface area contributed by atoms with Crippen LogP contribution >= 0.6 is 0 Å². The third kappa shape index (κ3) is 3.65. The van der Waals surface area contributed by atoms with Crippen LogP contribution in [-0.2, 0) is 9.22 Å². The molecule has 3 rings (SSSR count). The standard InChI is InChI=1S/C20H36N2O4Si/c1-19(2,3)27(4,5)26-16-13-20(22(14-16)18(24)25)11-12-21(17(20)23)15-9-7-6-8-10-15/h15-16H,6-14H2,1-5H3,(H,24,25)/t16-,20?/m1/s1. The first-order valence-electron chi connectivity index (χ1n) is 10.5. The molecule has 3 aliphatic rings. The summed E-state index contributed by atoms with van der Waals surface area (Å²) in [6.45, 7) is 11.9. The number of rotatable bonds is 3. The average molecular weight is 397 g/mol. The van der Waals surface area contributed by atoms with Crippen molar-refractivity contribution in [3.05, 3.63) is 0 Å². The molecule has 2 atom stereocenters. The highest BCUT2D eigenvalue weighted by molar-refractivity contribution is 6.74. The van der Waals surface area contributed by atoms with Crippen molar-refractivity contribution < 1.29 is 19.1 Å². The molecule has 0 bridgehead atoms. The Labute approximate surface area is 164 Å². The molecule has 0 radical (unpaired) electrons. The van der Waals surface area contributed by atoms with Crippen LogP contribution in [0.1, 0.15) is 65.7 Å². The van der Waals surface area contributed by atoms with E-state index >= 15 is 0 Å². The first-order valence-corrected chi connectivity index (χ1v) is 13.4. The van der Waals surface area contributed by atoms with Crippen LogP contribution in [0.25, 0.3) is 0 Å². The maximum Gasteiger partial charge on any atom is 0.408 e. The van der Waals surface area contributed by atoms with Crippen LogP contribution in [0.5, 0.6) is 0 Å². The number of hydrogen-bond acceptors (Lipinski definition) is 3. The van der Waals surface area contributed by atoms with Gasteiger partial charge in [-0.25, -0.2) is 4.79 Å². The van der Waals surface area contributed by atoms with Gasteiger partial charge in [0.2, 0.25) is 5.91 Å². The number of nitrogens with zero attached hydrogens (tertiary/aromatic N) is 2. The summed E-state index contributed by atoms with van der Waals surface area (Å²) in [6.07, 6.45) is 5.63. The first-order chi connectivity index (χ1) is 12.5. The Morgan fingerprint density at radius 3 is 2.41 bits per heavy atom. The van der Waals surface area contributed by atoms with E-state index < -0.39 is 19.9 Å². The van der Waals surface area contributed by atoms with Gasteiger partial charge in [-0.1, -0.05) is 40.0 Å². The molecule has 2 amide bonds. The Morgan fingerprint density at radius 2 is 1.85 bits per heavy atom. The summed E-state index contributed by atoms with van der Waals surface area (Å²) in [5.41, 5.74) is -0.906. The molecule has 0 aromatic rings. The number of likely N-dealkylation sites (tertiary alicyclic amines) is 2. The van der Waals surface area contributed by atoms with Gasteiger partial charge < -0.3 is 14.4 Å². The minimum atomic E-state index is -2.02. The second-order valence-electron chi connectivity index (χ2n) is 10.2. The molecule has 3 fully saturated rings. The molecule has 1 N–H and O–H groups in total. The summed E-state index contributed by atoms with van der Waals surface area (Å²) < 4.78 is 6.52. The first kappa shape index (κ1) is 20.6. The summed E-state index contributed by atoms with van der Waals surface area (Å²) in [5, 5.41) is 9.90. The van der Waals surface area contributed by atoms with E-state index in [1.54, 1.807) is 0 Å². The van der Waals surface area contributed by atoms with Crippen molar-refractivity contribution in [2.45, 2.75) is 102 Å². The fourth-order valence-corrected chi connectivity index (χ4v) is 6.17. The molecule has 0 aromatic heterocycles. The van der Waals surface area contributed by atoms with Gasteiger partial charge in [-0.3, -0.25) is 9.69 Å². The minimum Gasteiger partial charge on any atom is -0.465 e. The number of hydrogen-bond donors (Lipinski definition) is 1. The largest absolute Gasteiger partial charge is 0.465 e. The Hall–Kier alpha value is -1.08. The summed E-state index contributed by atoms with van der Waals surface area (Å²) in [6, 6.07) is 0.293. The van der Waals surface area contributed by atoms with Crippen LogP contribution in [0.2, 0.25) is 18.1 Å². The van der Waals surface area contributed by atoms with Crippen molar-refractivity contribution in [1.82, 2.24) is 9.80 Å². The zero-order valence-corrected chi connectivity index (χ0v) is 18.6. The van der Waals surface area contributed by atoms with Crippen LogP contribution < -0.4 is 0 Å². The Bertz CT molecular complexity index is 597. The summed E-state index contributed by atoms with van der Waals surface area (Å²) in [7, 11) is -2.02. The molecular formula is C20H36N2O4Si.